The van der Waals surface area contributed by atoms with Crippen LogP contribution in [0.15, 0.2) is 29.1 Å². The number of fused-ring (bicyclic) bond motifs is 1. The molecular weight excluding hydrogens is 358 g/mol. The largest absolute Gasteiger partial charge is 0.354 e. The molecule has 3 rings (SSSR count). The molecule has 1 heterocycles. The van der Waals surface area contributed by atoms with Gasteiger partial charge >= 0.3 is 0 Å². The van der Waals surface area contributed by atoms with E-state index in [-0.39, 0.29) is 18.0 Å². The number of hydrogen-bond acceptors (Lipinski definition) is 5. The molecule has 2 aromatic rings. The van der Waals surface area contributed by atoms with Crippen LogP contribution >= 0.6 is 0 Å². The van der Waals surface area contributed by atoms with E-state index < -0.39 is 11.4 Å². The minimum atomic E-state index is -0.906. The third-order valence-corrected chi connectivity index (χ3v) is 5.26. The van der Waals surface area contributed by atoms with Gasteiger partial charge in [-0.15, -0.1) is 5.10 Å². The molecule has 1 saturated carbocycles. The zero-order chi connectivity index (χ0) is 20.0. The van der Waals surface area contributed by atoms with Gasteiger partial charge in [0.25, 0.3) is 5.56 Å². The van der Waals surface area contributed by atoms with Crippen molar-refractivity contribution in [3.8, 4) is 0 Å². The van der Waals surface area contributed by atoms with Gasteiger partial charge in [-0.05, 0) is 31.4 Å². The van der Waals surface area contributed by atoms with E-state index in [1.807, 2.05) is 0 Å². The number of hydrogen-bond donors (Lipinski definition) is 2. The number of unbranched alkanes of at least 4 members (excludes halogenated alkanes) is 1. The average Bonchev–Trinajstić information content (AvgIpc) is 2.71. The first kappa shape index (κ1) is 20.0. The van der Waals surface area contributed by atoms with Gasteiger partial charge in [0.2, 0.25) is 11.8 Å². The number of carbonyl (C=O) groups is 2. The van der Waals surface area contributed by atoms with Gasteiger partial charge in [-0.2, -0.15) is 0 Å². The second-order valence-corrected chi connectivity index (χ2v) is 7.37. The van der Waals surface area contributed by atoms with E-state index in [4.69, 9.17) is 0 Å². The first-order valence-corrected chi connectivity index (χ1v) is 9.97. The van der Waals surface area contributed by atoms with Crippen LogP contribution in [-0.2, 0) is 16.1 Å². The lowest BCUT2D eigenvalue weighted by molar-refractivity contribution is -0.135. The Labute approximate surface area is 163 Å². The monoisotopic (exact) mass is 385 g/mol. The molecule has 0 bridgehead atoms. The SMILES string of the molecule is CCCCNC(=O)C1(NC(=O)Cn2nnc3ccccc3c2=O)CCCCC1. The van der Waals surface area contributed by atoms with E-state index in [1.54, 1.807) is 24.3 Å². The third-order valence-electron chi connectivity index (χ3n) is 5.26. The first-order valence-electron chi connectivity index (χ1n) is 9.97. The lowest BCUT2D eigenvalue weighted by Gasteiger charge is -2.36. The van der Waals surface area contributed by atoms with Crippen molar-refractivity contribution < 1.29 is 9.59 Å². The molecule has 0 aliphatic heterocycles. The van der Waals surface area contributed by atoms with E-state index in [9.17, 15) is 14.4 Å². The molecule has 28 heavy (non-hydrogen) atoms. The van der Waals surface area contributed by atoms with Crippen molar-refractivity contribution in [3.63, 3.8) is 0 Å². The number of rotatable bonds is 7. The van der Waals surface area contributed by atoms with Crippen molar-refractivity contribution in [2.75, 3.05) is 6.54 Å². The van der Waals surface area contributed by atoms with Crippen molar-refractivity contribution in [1.82, 2.24) is 25.6 Å². The summed E-state index contributed by atoms with van der Waals surface area (Å²) in [6.07, 6.45) is 5.93. The van der Waals surface area contributed by atoms with Crippen molar-refractivity contribution in [3.05, 3.63) is 34.6 Å². The van der Waals surface area contributed by atoms with Gasteiger partial charge < -0.3 is 10.6 Å². The average molecular weight is 385 g/mol. The van der Waals surface area contributed by atoms with Crippen LogP contribution < -0.4 is 16.2 Å². The van der Waals surface area contributed by atoms with Crippen LogP contribution in [0.1, 0.15) is 51.9 Å². The number of nitrogens with zero attached hydrogens (tertiary/aromatic N) is 3. The second-order valence-electron chi connectivity index (χ2n) is 7.37. The zero-order valence-corrected chi connectivity index (χ0v) is 16.2. The lowest BCUT2D eigenvalue weighted by atomic mass is 9.80. The van der Waals surface area contributed by atoms with Crippen LogP contribution in [0, 0.1) is 0 Å². The predicted octanol–water partition coefficient (Wildman–Crippen LogP) is 1.53. The molecule has 1 fully saturated rings. The van der Waals surface area contributed by atoms with Gasteiger partial charge in [-0.25, -0.2) is 4.68 Å². The van der Waals surface area contributed by atoms with Gasteiger partial charge in [0.05, 0.1) is 5.39 Å². The Morgan fingerprint density at radius 1 is 1.18 bits per heavy atom. The highest BCUT2D eigenvalue weighted by Gasteiger charge is 2.40. The fourth-order valence-corrected chi connectivity index (χ4v) is 3.68. The number of amides is 2. The van der Waals surface area contributed by atoms with Crippen LogP contribution in [0.25, 0.3) is 10.9 Å². The second kappa shape index (κ2) is 8.95. The summed E-state index contributed by atoms with van der Waals surface area (Å²) in [7, 11) is 0. The number of nitrogens with one attached hydrogen (secondary N) is 2. The van der Waals surface area contributed by atoms with Gasteiger partial charge in [0, 0.05) is 6.54 Å². The Balaban J connectivity index is 1.74. The summed E-state index contributed by atoms with van der Waals surface area (Å²) in [6.45, 7) is 2.40. The van der Waals surface area contributed by atoms with E-state index in [0.29, 0.717) is 30.3 Å². The van der Waals surface area contributed by atoms with Crippen LogP contribution in [0.4, 0.5) is 0 Å². The smallest absolute Gasteiger partial charge is 0.278 e. The highest BCUT2D eigenvalue weighted by molar-refractivity contribution is 5.91. The van der Waals surface area contributed by atoms with Gasteiger partial charge in [0.1, 0.15) is 17.6 Å². The molecule has 150 valence electrons. The van der Waals surface area contributed by atoms with Gasteiger partial charge in [-0.3, -0.25) is 14.4 Å². The van der Waals surface area contributed by atoms with Crippen molar-refractivity contribution in [2.45, 2.75) is 64.0 Å². The number of aromatic nitrogens is 3. The van der Waals surface area contributed by atoms with E-state index in [2.05, 4.69) is 27.9 Å². The maximum absolute atomic E-state index is 12.8. The number of carbonyl (C=O) groups excluding carboxylic acids is 2. The van der Waals surface area contributed by atoms with Crippen LogP contribution in [0.2, 0.25) is 0 Å². The van der Waals surface area contributed by atoms with E-state index in [0.717, 1.165) is 36.8 Å². The Morgan fingerprint density at radius 3 is 2.68 bits per heavy atom. The van der Waals surface area contributed by atoms with Crippen LogP contribution in [0.3, 0.4) is 0 Å². The lowest BCUT2D eigenvalue weighted by Crippen LogP contribution is -2.60. The third kappa shape index (κ3) is 4.37. The Morgan fingerprint density at radius 2 is 1.93 bits per heavy atom. The molecular formula is C20H27N5O3. The summed E-state index contributed by atoms with van der Waals surface area (Å²) in [5, 5.41) is 14.1. The molecule has 2 N–H and O–H groups in total. The standard InChI is InChI=1S/C20H27N5O3/c1-2-3-13-21-19(28)20(11-7-4-8-12-20)22-17(26)14-25-18(27)15-9-5-6-10-16(15)23-24-25/h5-6,9-10H,2-4,7-8,11-14H2,1H3,(H,21,28)(H,22,26). The maximum atomic E-state index is 12.8. The molecule has 0 unspecified atom stereocenters. The minimum absolute atomic E-state index is 0.133. The summed E-state index contributed by atoms with van der Waals surface area (Å²) in [4.78, 5) is 38.0. The summed E-state index contributed by atoms with van der Waals surface area (Å²) in [5.41, 5.74) is -0.786. The first-order chi connectivity index (χ1) is 13.6. The quantitative estimate of drug-likeness (QED) is 0.703. The van der Waals surface area contributed by atoms with Crippen LogP contribution in [0.5, 0.6) is 0 Å². The van der Waals surface area contributed by atoms with Gasteiger partial charge in [0.15, 0.2) is 0 Å². The predicted molar refractivity (Wildman–Crippen MR) is 106 cm³/mol. The summed E-state index contributed by atoms with van der Waals surface area (Å²) < 4.78 is 1.04. The summed E-state index contributed by atoms with van der Waals surface area (Å²) in [6, 6.07) is 6.88. The molecule has 1 aliphatic rings. The van der Waals surface area contributed by atoms with Crippen molar-refractivity contribution in [2.24, 2.45) is 0 Å². The normalized spacial score (nSPS) is 15.9. The topological polar surface area (TPSA) is 106 Å². The molecule has 1 aliphatic carbocycles. The van der Waals surface area contributed by atoms with Crippen molar-refractivity contribution in [1.29, 1.82) is 0 Å². The van der Waals surface area contributed by atoms with Crippen LogP contribution in [-0.4, -0.2) is 38.9 Å². The Kier molecular flexibility index (Phi) is 6.38. The molecule has 1 aromatic heterocycles. The zero-order valence-electron chi connectivity index (χ0n) is 16.2. The van der Waals surface area contributed by atoms with E-state index in [1.165, 1.54) is 0 Å². The van der Waals surface area contributed by atoms with Crippen molar-refractivity contribution >= 4 is 22.7 Å². The van der Waals surface area contributed by atoms with Gasteiger partial charge in [-0.1, -0.05) is 50.0 Å². The summed E-state index contributed by atoms with van der Waals surface area (Å²) >= 11 is 0. The fraction of sp³-hybridized carbons (Fsp3) is 0.550. The minimum Gasteiger partial charge on any atom is -0.354 e. The number of benzene rings is 1. The fourth-order valence-electron chi connectivity index (χ4n) is 3.68. The molecule has 2 amide bonds. The molecule has 0 radical (unpaired) electrons. The maximum Gasteiger partial charge on any atom is 0.278 e. The molecule has 8 heteroatoms. The summed E-state index contributed by atoms with van der Waals surface area (Å²) in [5.74, 6) is -0.537. The molecule has 0 atom stereocenters. The van der Waals surface area contributed by atoms with E-state index >= 15 is 0 Å². The molecule has 1 aromatic carbocycles. The molecule has 0 spiro atoms. The Bertz CT molecular complexity index is 902. The highest BCUT2D eigenvalue weighted by Crippen LogP contribution is 2.28. The molecule has 8 nitrogen and oxygen atoms in total. The Hall–Kier alpha value is -2.77. The highest BCUT2D eigenvalue weighted by atomic mass is 16.2. The molecule has 0 saturated heterocycles.